The number of anilines is 1. The summed E-state index contributed by atoms with van der Waals surface area (Å²) in [6, 6.07) is 30.9. The van der Waals surface area contributed by atoms with Gasteiger partial charge in [0.25, 0.3) is 0 Å². The number of para-hydroxylation sites is 2. The molecule has 5 rings (SSSR count). The lowest BCUT2D eigenvalue weighted by atomic mass is 10.1. The van der Waals surface area contributed by atoms with E-state index < -0.39 is 0 Å². The Hall–Kier alpha value is -4.98. The zero-order chi connectivity index (χ0) is 27.0. The van der Waals surface area contributed by atoms with E-state index in [1.165, 1.54) is 0 Å². The summed E-state index contributed by atoms with van der Waals surface area (Å²) in [5, 5.41) is 11.4. The van der Waals surface area contributed by atoms with Crippen LogP contribution >= 0.6 is 0 Å². The van der Waals surface area contributed by atoms with E-state index in [2.05, 4.69) is 22.8 Å². The average molecular weight is 523 g/mol. The molecule has 8 heteroatoms. The van der Waals surface area contributed by atoms with Crippen LogP contribution in [-0.2, 0) is 19.7 Å². The lowest BCUT2D eigenvalue weighted by molar-refractivity contribution is 0.251. The number of methoxy groups -OCH3 is 2. The van der Waals surface area contributed by atoms with E-state index in [4.69, 9.17) is 19.3 Å². The summed E-state index contributed by atoms with van der Waals surface area (Å²) in [4.78, 5) is 12.7. The Bertz CT molecular complexity index is 1560. The van der Waals surface area contributed by atoms with Crippen molar-refractivity contribution in [3.63, 3.8) is 0 Å². The normalized spacial score (nSPS) is 10.7. The molecule has 1 aromatic heterocycles. The first-order valence-corrected chi connectivity index (χ1v) is 12.6. The molecule has 0 aliphatic rings. The molecule has 5 aromatic rings. The molecule has 4 aromatic carbocycles. The van der Waals surface area contributed by atoms with Gasteiger partial charge in [0.1, 0.15) is 23.9 Å². The van der Waals surface area contributed by atoms with Crippen LogP contribution in [0.1, 0.15) is 16.7 Å². The molecule has 2 N–H and O–H groups in total. The van der Waals surface area contributed by atoms with Crippen LogP contribution in [0.5, 0.6) is 17.2 Å². The molecule has 0 radical (unpaired) electrons. The largest absolute Gasteiger partial charge is 0.497 e. The molecule has 0 spiro atoms. The summed E-state index contributed by atoms with van der Waals surface area (Å²) in [5.41, 5.74) is 3.97. The number of ether oxygens (including phenoxy) is 3. The van der Waals surface area contributed by atoms with Crippen molar-refractivity contribution >= 4 is 22.8 Å². The van der Waals surface area contributed by atoms with Crippen LogP contribution in [0, 0.1) is 0 Å². The molecule has 0 saturated carbocycles. The van der Waals surface area contributed by atoms with E-state index in [9.17, 15) is 4.79 Å². The van der Waals surface area contributed by atoms with Crippen molar-refractivity contribution in [3.05, 3.63) is 114 Å². The molecule has 0 aliphatic heterocycles. The van der Waals surface area contributed by atoms with Gasteiger partial charge in [0.2, 0.25) is 0 Å². The third kappa shape index (κ3) is 6.30. The topological polar surface area (TPSA) is 86.6 Å². The van der Waals surface area contributed by atoms with Gasteiger partial charge < -0.3 is 19.5 Å². The number of rotatable bonds is 10. The van der Waals surface area contributed by atoms with Gasteiger partial charge in [-0.15, -0.1) is 0 Å². The van der Waals surface area contributed by atoms with Crippen molar-refractivity contribution < 1.29 is 19.0 Å². The Morgan fingerprint density at radius 3 is 2.38 bits per heavy atom. The quantitative estimate of drug-likeness (QED) is 0.235. The minimum absolute atomic E-state index is 0.336. The van der Waals surface area contributed by atoms with Crippen LogP contribution in [0.3, 0.4) is 0 Å². The number of amides is 2. The highest BCUT2D eigenvalue weighted by atomic mass is 16.5. The van der Waals surface area contributed by atoms with E-state index in [1.807, 2.05) is 89.6 Å². The van der Waals surface area contributed by atoms with Gasteiger partial charge in [-0.1, -0.05) is 60.7 Å². The molecule has 0 atom stereocenters. The van der Waals surface area contributed by atoms with Gasteiger partial charge in [0, 0.05) is 23.6 Å². The van der Waals surface area contributed by atoms with Crippen LogP contribution in [0.2, 0.25) is 0 Å². The van der Waals surface area contributed by atoms with Crippen molar-refractivity contribution in [2.45, 2.75) is 19.7 Å². The number of benzene rings is 4. The fourth-order valence-corrected chi connectivity index (χ4v) is 4.29. The maximum Gasteiger partial charge on any atom is 0.320 e. The number of hydrogen-bond acceptors (Lipinski definition) is 5. The number of hydrogen-bond donors (Lipinski definition) is 2. The van der Waals surface area contributed by atoms with Gasteiger partial charge in [0.05, 0.1) is 26.3 Å². The monoisotopic (exact) mass is 522 g/mol. The number of fused-ring (bicyclic) bond motifs is 1. The lowest BCUT2D eigenvalue weighted by Crippen LogP contribution is -2.28. The summed E-state index contributed by atoms with van der Waals surface area (Å²) in [6.07, 6.45) is 0. The van der Waals surface area contributed by atoms with Crippen molar-refractivity contribution in [2.75, 3.05) is 19.5 Å². The third-order valence-electron chi connectivity index (χ3n) is 6.32. The summed E-state index contributed by atoms with van der Waals surface area (Å²) >= 11 is 0. The molecule has 0 bridgehead atoms. The van der Waals surface area contributed by atoms with Crippen molar-refractivity contribution in [2.24, 2.45) is 0 Å². The smallest absolute Gasteiger partial charge is 0.320 e. The third-order valence-corrected chi connectivity index (χ3v) is 6.32. The lowest BCUT2D eigenvalue weighted by Gasteiger charge is -2.10. The number of urea groups is 1. The molecule has 2 amide bonds. The molecule has 0 unspecified atom stereocenters. The summed E-state index contributed by atoms with van der Waals surface area (Å²) in [7, 11) is 3.25. The molecular weight excluding hydrogens is 492 g/mol. The van der Waals surface area contributed by atoms with Crippen LogP contribution < -0.4 is 24.8 Å². The van der Waals surface area contributed by atoms with Gasteiger partial charge in [-0.25, -0.2) is 4.79 Å². The first-order valence-electron chi connectivity index (χ1n) is 12.6. The van der Waals surface area contributed by atoms with Crippen LogP contribution in [0.15, 0.2) is 97.1 Å². The average Bonchev–Trinajstić information content (AvgIpc) is 3.32. The van der Waals surface area contributed by atoms with Gasteiger partial charge in [-0.2, -0.15) is 5.10 Å². The first-order chi connectivity index (χ1) is 19.1. The number of nitrogens with one attached hydrogen (secondary N) is 2. The number of carbonyl (C=O) groups excluding carboxylic acids is 1. The fourth-order valence-electron chi connectivity index (χ4n) is 4.29. The maximum atomic E-state index is 12.7. The van der Waals surface area contributed by atoms with Gasteiger partial charge in [-0.3, -0.25) is 10.00 Å². The van der Waals surface area contributed by atoms with E-state index in [-0.39, 0.29) is 6.03 Å². The Morgan fingerprint density at radius 1 is 0.821 bits per heavy atom. The first kappa shape index (κ1) is 25.7. The molecule has 0 saturated heterocycles. The molecule has 198 valence electrons. The zero-order valence-corrected chi connectivity index (χ0v) is 21.9. The van der Waals surface area contributed by atoms with Gasteiger partial charge in [0.15, 0.2) is 5.82 Å². The molecule has 1 heterocycles. The second-order valence-electron chi connectivity index (χ2n) is 8.93. The standard InChI is InChI=1S/C31H30N4O4/c1-37-25-9-7-10-26(18-25)39-21-23-16-14-22(15-17-23)20-35-28-12-5-4-11-27(28)30(34-35)33-31(36)32-19-24-8-3-6-13-29(24)38-2/h3-18H,19-21H2,1-2H3,(H2,32,33,34,36). The van der Waals surface area contributed by atoms with E-state index >= 15 is 0 Å². The highest BCUT2D eigenvalue weighted by Crippen LogP contribution is 2.24. The molecule has 0 fully saturated rings. The Labute approximate surface area is 227 Å². The number of nitrogens with zero attached hydrogens (tertiary/aromatic N) is 2. The van der Waals surface area contributed by atoms with Crippen molar-refractivity contribution in [3.8, 4) is 17.2 Å². The highest BCUT2D eigenvalue weighted by molar-refractivity contribution is 5.99. The molecular formula is C31H30N4O4. The van der Waals surface area contributed by atoms with E-state index in [0.29, 0.717) is 25.5 Å². The van der Waals surface area contributed by atoms with E-state index in [0.717, 1.165) is 44.8 Å². The molecule has 0 aliphatic carbocycles. The van der Waals surface area contributed by atoms with E-state index in [1.54, 1.807) is 14.2 Å². The zero-order valence-electron chi connectivity index (χ0n) is 21.9. The maximum absolute atomic E-state index is 12.7. The van der Waals surface area contributed by atoms with Gasteiger partial charge in [-0.05, 0) is 41.5 Å². The van der Waals surface area contributed by atoms with Crippen LogP contribution in [0.4, 0.5) is 10.6 Å². The van der Waals surface area contributed by atoms with Crippen molar-refractivity contribution in [1.82, 2.24) is 15.1 Å². The highest BCUT2D eigenvalue weighted by Gasteiger charge is 2.14. The van der Waals surface area contributed by atoms with Crippen LogP contribution in [0.25, 0.3) is 10.9 Å². The minimum atomic E-state index is -0.336. The molecule has 39 heavy (non-hydrogen) atoms. The SMILES string of the molecule is COc1cccc(OCc2ccc(Cn3nc(NC(=O)NCc4ccccc4OC)c4ccccc43)cc2)c1. The fraction of sp³-hybridized carbons (Fsp3) is 0.161. The van der Waals surface area contributed by atoms with Gasteiger partial charge >= 0.3 is 6.03 Å². The Balaban J connectivity index is 1.24. The second kappa shape index (κ2) is 12.0. The summed E-state index contributed by atoms with van der Waals surface area (Å²) < 4.78 is 18.4. The summed E-state index contributed by atoms with van der Waals surface area (Å²) in [5.74, 6) is 2.75. The van der Waals surface area contributed by atoms with Crippen molar-refractivity contribution in [1.29, 1.82) is 0 Å². The predicted octanol–water partition coefficient (Wildman–Crippen LogP) is 6.00. The molecule has 8 nitrogen and oxygen atoms in total. The Morgan fingerprint density at radius 2 is 1.56 bits per heavy atom. The Kier molecular flexibility index (Phi) is 7.92. The van der Waals surface area contributed by atoms with Crippen LogP contribution in [-0.4, -0.2) is 30.0 Å². The minimum Gasteiger partial charge on any atom is -0.497 e. The number of aromatic nitrogens is 2. The predicted molar refractivity (Wildman–Crippen MR) is 151 cm³/mol. The summed E-state index contributed by atoms with van der Waals surface area (Å²) in [6.45, 7) is 1.35. The second-order valence-corrected chi connectivity index (χ2v) is 8.93. The number of carbonyl (C=O) groups is 1.